The van der Waals surface area contributed by atoms with Crippen LogP contribution in [0.15, 0.2) is 36.4 Å². The van der Waals surface area contributed by atoms with Gasteiger partial charge in [0.2, 0.25) is 0 Å². The van der Waals surface area contributed by atoms with Crippen molar-refractivity contribution in [3.63, 3.8) is 0 Å². The largest absolute Gasteiger partial charge is 0.507 e. The first-order valence-corrected chi connectivity index (χ1v) is 7.44. The van der Waals surface area contributed by atoms with Crippen molar-refractivity contribution in [2.45, 2.75) is 6.92 Å². The van der Waals surface area contributed by atoms with Crippen molar-refractivity contribution >= 4 is 40.8 Å². The van der Waals surface area contributed by atoms with Gasteiger partial charge >= 0.3 is 5.97 Å². The predicted octanol–water partition coefficient (Wildman–Crippen LogP) is 4.13. The molecule has 5 nitrogen and oxygen atoms in total. The number of hydrogen-bond donors (Lipinski definition) is 2. The van der Waals surface area contributed by atoms with Gasteiger partial charge in [0, 0.05) is 10.7 Å². The molecule has 0 aliphatic carbocycles. The summed E-state index contributed by atoms with van der Waals surface area (Å²) in [7, 11) is 0. The van der Waals surface area contributed by atoms with Gasteiger partial charge in [-0.25, -0.2) is 4.79 Å². The monoisotopic (exact) mass is 353 g/mol. The Morgan fingerprint density at radius 2 is 1.87 bits per heavy atom. The molecule has 0 spiro atoms. The second-order valence-electron chi connectivity index (χ2n) is 4.53. The molecule has 2 aromatic rings. The lowest BCUT2D eigenvalue weighted by Crippen LogP contribution is -2.13. The first-order chi connectivity index (χ1) is 10.9. The lowest BCUT2D eigenvalue weighted by atomic mass is 10.1. The van der Waals surface area contributed by atoms with E-state index in [0.29, 0.717) is 10.7 Å². The molecule has 1 amide bonds. The van der Waals surface area contributed by atoms with Crippen LogP contribution in [0.1, 0.15) is 27.6 Å². The maximum absolute atomic E-state index is 12.2. The Morgan fingerprint density at radius 1 is 1.13 bits per heavy atom. The number of phenolic OH excluding ortho intramolecular Hbond substituents is 1. The Morgan fingerprint density at radius 3 is 2.52 bits per heavy atom. The van der Waals surface area contributed by atoms with Crippen LogP contribution in [0.2, 0.25) is 10.0 Å². The summed E-state index contributed by atoms with van der Waals surface area (Å²) in [6.07, 6.45) is 0. The van der Waals surface area contributed by atoms with E-state index in [2.05, 4.69) is 5.32 Å². The molecule has 0 radical (unpaired) electrons. The highest BCUT2D eigenvalue weighted by atomic mass is 35.5. The zero-order valence-corrected chi connectivity index (χ0v) is 13.6. The molecular weight excluding hydrogens is 341 g/mol. The summed E-state index contributed by atoms with van der Waals surface area (Å²) in [5.41, 5.74) is 0.524. The Balaban J connectivity index is 2.24. The molecule has 0 saturated heterocycles. The molecule has 23 heavy (non-hydrogen) atoms. The van der Waals surface area contributed by atoms with Crippen LogP contribution in [0, 0.1) is 0 Å². The number of nitrogens with one attached hydrogen (secondary N) is 1. The number of halogens is 2. The lowest BCUT2D eigenvalue weighted by Gasteiger charge is -2.10. The SMILES string of the molecule is CCOC(=O)c1cc(NC(=O)c2ccc(Cl)cc2Cl)ccc1O. The molecule has 0 unspecified atom stereocenters. The van der Waals surface area contributed by atoms with Crippen molar-refractivity contribution in [3.05, 3.63) is 57.6 Å². The fourth-order valence-corrected chi connectivity index (χ4v) is 2.35. The van der Waals surface area contributed by atoms with Gasteiger partial charge in [0.1, 0.15) is 11.3 Å². The van der Waals surface area contributed by atoms with Gasteiger partial charge in [-0.15, -0.1) is 0 Å². The number of carbonyl (C=O) groups excluding carboxylic acids is 2. The van der Waals surface area contributed by atoms with Crippen molar-refractivity contribution in [1.29, 1.82) is 0 Å². The first-order valence-electron chi connectivity index (χ1n) is 6.69. The van der Waals surface area contributed by atoms with Crippen LogP contribution >= 0.6 is 23.2 Å². The number of benzene rings is 2. The smallest absolute Gasteiger partial charge is 0.341 e. The van der Waals surface area contributed by atoms with Crippen LogP contribution in [0.3, 0.4) is 0 Å². The molecule has 2 N–H and O–H groups in total. The van der Waals surface area contributed by atoms with Gasteiger partial charge in [-0.3, -0.25) is 4.79 Å². The van der Waals surface area contributed by atoms with E-state index in [-0.39, 0.29) is 28.5 Å². The van der Waals surface area contributed by atoms with Crippen LogP contribution in [-0.4, -0.2) is 23.6 Å². The fraction of sp³-hybridized carbons (Fsp3) is 0.125. The minimum Gasteiger partial charge on any atom is -0.507 e. The van der Waals surface area contributed by atoms with E-state index in [4.69, 9.17) is 27.9 Å². The summed E-state index contributed by atoms with van der Waals surface area (Å²) in [4.78, 5) is 24.0. The zero-order chi connectivity index (χ0) is 17.0. The Kier molecular flexibility index (Phi) is 5.47. The molecule has 0 aromatic heterocycles. The summed E-state index contributed by atoms with van der Waals surface area (Å²) < 4.78 is 4.84. The molecule has 0 saturated carbocycles. The summed E-state index contributed by atoms with van der Waals surface area (Å²) >= 11 is 11.8. The Labute approximate surface area is 142 Å². The average Bonchev–Trinajstić information content (AvgIpc) is 2.49. The molecule has 2 rings (SSSR count). The number of ether oxygens (including phenoxy) is 1. The number of anilines is 1. The zero-order valence-electron chi connectivity index (χ0n) is 12.1. The number of aromatic hydroxyl groups is 1. The number of esters is 1. The van der Waals surface area contributed by atoms with Gasteiger partial charge in [-0.2, -0.15) is 0 Å². The molecule has 0 aliphatic rings. The van der Waals surface area contributed by atoms with E-state index in [9.17, 15) is 14.7 Å². The lowest BCUT2D eigenvalue weighted by molar-refractivity contribution is 0.0523. The predicted molar refractivity (Wildman–Crippen MR) is 88.5 cm³/mol. The van der Waals surface area contributed by atoms with Gasteiger partial charge in [-0.05, 0) is 43.3 Å². The van der Waals surface area contributed by atoms with Gasteiger partial charge in [-0.1, -0.05) is 23.2 Å². The topological polar surface area (TPSA) is 75.6 Å². The summed E-state index contributed by atoms with van der Waals surface area (Å²) in [6.45, 7) is 1.83. The molecule has 0 bridgehead atoms. The summed E-state index contributed by atoms with van der Waals surface area (Å²) in [6, 6.07) is 8.58. The van der Waals surface area contributed by atoms with E-state index in [0.717, 1.165) is 0 Å². The number of carbonyl (C=O) groups is 2. The number of rotatable bonds is 4. The van der Waals surface area contributed by atoms with Crippen molar-refractivity contribution in [2.75, 3.05) is 11.9 Å². The van der Waals surface area contributed by atoms with Crippen LogP contribution in [0.4, 0.5) is 5.69 Å². The summed E-state index contributed by atoms with van der Waals surface area (Å²) in [5, 5.41) is 12.9. The highest BCUT2D eigenvalue weighted by Crippen LogP contribution is 2.25. The molecule has 0 aliphatic heterocycles. The average molecular weight is 354 g/mol. The molecule has 0 heterocycles. The van der Waals surface area contributed by atoms with Crippen molar-refractivity contribution in [1.82, 2.24) is 0 Å². The molecule has 2 aromatic carbocycles. The first kappa shape index (κ1) is 17.1. The van der Waals surface area contributed by atoms with E-state index in [1.807, 2.05) is 0 Å². The highest BCUT2D eigenvalue weighted by Gasteiger charge is 2.15. The second-order valence-corrected chi connectivity index (χ2v) is 5.37. The van der Waals surface area contributed by atoms with E-state index < -0.39 is 11.9 Å². The number of amides is 1. The third-order valence-corrected chi connectivity index (χ3v) is 3.47. The third kappa shape index (κ3) is 4.15. The van der Waals surface area contributed by atoms with Crippen LogP contribution in [0.25, 0.3) is 0 Å². The van der Waals surface area contributed by atoms with E-state index in [1.54, 1.807) is 13.0 Å². The standard InChI is InChI=1S/C16H13Cl2NO4/c1-2-23-16(22)12-8-10(4-6-14(12)20)19-15(21)11-5-3-9(17)7-13(11)18/h3-8,20H,2H2,1H3,(H,19,21). The molecule has 120 valence electrons. The third-order valence-electron chi connectivity index (χ3n) is 2.93. The number of phenols is 1. The Bertz CT molecular complexity index is 762. The van der Waals surface area contributed by atoms with Crippen LogP contribution in [-0.2, 0) is 4.74 Å². The van der Waals surface area contributed by atoms with Gasteiger partial charge in [0.25, 0.3) is 5.91 Å². The van der Waals surface area contributed by atoms with Crippen molar-refractivity contribution in [3.8, 4) is 5.75 Å². The van der Waals surface area contributed by atoms with Crippen LogP contribution in [0.5, 0.6) is 5.75 Å². The van der Waals surface area contributed by atoms with E-state index >= 15 is 0 Å². The molecule has 0 fully saturated rings. The summed E-state index contributed by atoms with van der Waals surface area (Å²) in [5.74, 6) is -1.37. The minimum atomic E-state index is -0.675. The molecule has 7 heteroatoms. The number of hydrogen-bond acceptors (Lipinski definition) is 4. The fourth-order valence-electron chi connectivity index (χ4n) is 1.86. The van der Waals surface area contributed by atoms with E-state index in [1.165, 1.54) is 30.3 Å². The van der Waals surface area contributed by atoms with Crippen LogP contribution < -0.4 is 5.32 Å². The van der Waals surface area contributed by atoms with Crippen molar-refractivity contribution < 1.29 is 19.4 Å². The maximum Gasteiger partial charge on any atom is 0.341 e. The molecular formula is C16H13Cl2NO4. The Hall–Kier alpha value is -2.24. The van der Waals surface area contributed by atoms with Gasteiger partial charge in [0.15, 0.2) is 0 Å². The van der Waals surface area contributed by atoms with Crippen molar-refractivity contribution in [2.24, 2.45) is 0 Å². The normalized spacial score (nSPS) is 10.2. The highest BCUT2D eigenvalue weighted by molar-refractivity contribution is 6.37. The maximum atomic E-state index is 12.2. The second kappa shape index (κ2) is 7.35. The molecule has 0 atom stereocenters. The van der Waals surface area contributed by atoms with Gasteiger partial charge < -0.3 is 15.2 Å². The van der Waals surface area contributed by atoms with Gasteiger partial charge in [0.05, 0.1) is 17.2 Å². The quantitative estimate of drug-likeness (QED) is 0.640. The minimum absolute atomic E-state index is 0.0353.